The summed E-state index contributed by atoms with van der Waals surface area (Å²) in [5.74, 6) is 0.818. The SMILES string of the molecule is C#Cc1ccc(C(C(=O)NC(Cc2ccccc2)C(=O)OC(C)(C)C)N(CCC)C(=O)C(Cc2ccc(O)cc2)NC(=O)OC(C)(C)C)cc1. The van der Waals surface area contributed by atoms with Crippen LogP contribution in [-0.2, 0) is 36.7 Å². The van der Waals surface area contributed by atoms with E-state index in [1.54, 1.807) is 77.9 Å². The van der Waals surface area contributed by atoms with Crippen molar-refractivity contribution in [3.05, 3.63) is 101 Å². The Kier molecular flexibility index (Phi) is 13.6. The Bertz CT molecular complexity index is 1630. The van der Waals surface area contributed by atoms with Crippen LogP contribution in [0.3, 0.4) is 0 Å². The van der Waals surface area contributed by atoms with Gasteiger partial charge in [-0.1, -0.05) is 67.4 Å². The van der Waals surface area contributed by atoms with Gasteiger partial charge in [-0.05, 0) is 88.9 Å². The number of nitrogens with zero attached hydrogens (tertiary/aromatic N) is 1. The highest BCUT2D eigenvalue weighted by molar-refractivity contribution is 5.94. The second-order valence-electron chi connectivity index (χ2n) is 14.1. The van der Waals surface area contributed by atoms with Crippen molar-refractivity contribution in [3.8, 4) is 18.1 Å². The van der Waals surface area contributed by atoms with Crippen LogP contribution in [-0.4, -0.2) is 63.7 Å². The van der Waals surface area contributed by atoms with E-state index in [0.717, 1.165) is 5.56 Å². The van der Waals surface area contributed by atoms with Crippen LogP contribution in [0.5, 0.6) is 5.75 Å². The monoisotopic (exact) mass is 683 g/mol. The molecule has 0 radical (unpaired) electrons. The zero-order valence-corrected chi connectivity index (χ0v) is 30.0. The van der Waals surface area contributed by atoms with Crippen LogP contribution in [0.4, 0.5) is 4.79 Å². The molecule has 0 saturated carbocycles. The third kappa shape index (κ3) is 12.3. The molecule has 10 nitrogen and oxygen atoms in total. The van der Waals surface area contributed by atoms with Gasteiger partial charge in [-0.2, -0.15) is 0 Å². The molecule has 3 rings (SSSR count). The number of benzene rings is 3. The summed E-state index contributed by atoms with van der Waals surface area (Å²) in [6.07, 6.45) is 5.46. The molecule has 50 heavy (non-hydrogen) atoms. The van der Waals surface area contributed by atoms with E-state index in [4.69, 9.17) is 15.9 Å². The molecule has 3 aromatic carbocycles. The number of phenolic OH excluding ortho intramolecular Hbond substituents is 1. The largest absolute Gasteiger partial charge is 0.508 e. The van der Waals surface area contributed by atoms with E-state index in [-0.39, 0.29) is 25.1 Å². The van der Waals surface area contributed by atoms with Crippen LogP contribution in [0.2, 0.25) is 0 Å². The Balaban J connectivity index is 2.10. The first-order valence-corrected chi connectivity index (χ1v) is 16.7. The van der Waals surface area contributed by atoms with Crippen LogP contribution < -0.4 is 10.6 Å². The predicted molar refractivity (Wildman–Crippen MR) is 192 cm³/mol. The number of aromatic hydroxyl groups is 1. The fourth-order valence-electron chi connectivity index (χ4n) is 5.23. The Labute approximate surface area is 295 Å². The summed E-state index contributed by atoms with van der Waals surface area (Å²) in [5.41, 5.74) is 0.827. The minimum absolute atomic E-state index is 0.0392. The summed E-state index contributed by atoms with van der Waals surface area (Å²) < 4.78 is 11.2. The quantitative estimate of drug-likeness (QED) is 0.152. The van der Waals surface area contributed by atoms with E-state index < -0.39 is 53.2 Å². The molecule has 0 spiro atoms. The summed E-state index contributed by atoms with van der Waals surface area (Å²) in [6.45, 7) is 12.4. The molecular weight excluding hydrogens is 634 g/mol. The van der Waals surface area contributed by atoms with E-state index in [1.807, 2.05) is 37.3 Å². The summed E-state index contributed by atoms with van der Waals surface area (Å²) in [6, 6.07) is 18.7. The molecule has 0 heterocycles. The van der Waals surface area contributed by atoms with E-state index in [2.05, 4.69) is 16.6 Å². The number of alkyl carbamates (subject to hydrolysis) is 1. The van der Waals surface area contributed by atoms with Crippen molar-refractivity contribution >= 4 is 23.9 Å². The first-order chi connectivity index (χ1) is 23.5. The summed E-state index contributed by atoms with van der Waals surface area (Å²) in [5, 5.41) is 15.4. The number of amides is 3. The third-order valence-corrected chi connectivity index (χ3v) is 7.36. The lowest BCUT2D eigenvalue weighted by molar-refractivity contribution is -0.159. The molecule has 266 valence electrons. The van der Waals surface area contributed by atoms with E-state index in [9.17, 15) is 24.3 Å². The molecule has 3 atom stereocenters. The molecule has 0 aliphatic heterocycles. The van der Waals surface area contributed by atoms with Gasteiger partial charge in [0, 0.05) is 24.9 Å². The molecule has 3 aromatic rings. The van der Waals surface area contributed by atoms with Gasteiger partial charge in [0.15, 0.2) is 0 Å². The van der Waals surface area contributed by atoms with Gasteiger partial charge in [-0.25, -0.2) is 9.59 Å². The van der Waals surface area contributed by atoms with Gasteiger partial charge >= 0.3 is 12.1 Å². The number of hydrogen-bond donors (Lipinski definition) is 3. The zero-order chi connectivity index (χ0) is 37.1. The number of hydrogen-bond acceptors (Lipinski definition) is 7. The number of nitrogens with one attached hydrogen (secondary N) is 2. The molecule has 0 aliphatic rings. The normalized spacial score (nSPS) is 13.2. The van der Waals surface area contributed by atoms with Gasteiger partial charge in [0.1, 0.15) is 35.1 Å². The standard InChI is InChI=1S/C40H49N3O7/c1-9-24-43(36(46)32(42-38(48)50-40(6,7)8)25-29-18-22-31(44)23-19-29)34(30-20-16-27(10-2)17-21-30)35(45)41-33(37(47)49-39(3,4)5)26-28-14-12-11-13-15-28/h2,11-23,32-34,44H,9,24-26H2,1,3-8H3,(H,41,45)(H,42,48). The predicted octanol–water partition coefficient (Wildman–Crippen LogP) is 5.86. The number of terminal acetylenes is 1. The third-order valence-electron chi connectivity index (χ3n) is 7.36. The Morgan fingerprint density at radius 3 is 1.88 bits per heavy atom. The number of ether oxygens (including phenoxy) is 2. The highest BCUT2D eigenvalue weighted by Crippen LogP contribution is 2.26. The lowest BCUT2D eigenvalue weighted by Crippen LogP contribution is -2.55. The van der Waals surface area contributed by atoms with Crippen LogP contribution in [0.25, 0.3) is 0 Å². The van der Waals surface area contributed by atoms with Crippen molar-refractivity contribution in [3.63, 3.8) is 0 Å². The Hall–Kier alpha value is -5.30. The van der Waals surface area contributed by atoms with Gasteiger partial charge in [-0.15, -0.1) is 6.42 Å². The summed E-state index contributed by atoms with van der Waals surface area (Å²) in [7, 11) is 0. The van der Waals surface area contributed by atoms with Crippen LogP contribution in [0, 0.1) is 12.3 Å². The molecular formula is C40H49N3O7. The summed E-state index contributed by atoms with van der Waals surface area (Å²) in [4.78, 5) is 57.2. The molecule has 3 N–H and O–H groups in total. The summed E-state index contributed by atoms with van der Waals surface area (Å²) >= 11 is 0. The average Bonchev–Trinajstić information content (AvgIpc) is 3.03. The average molecular weight is 684 g/mol. The van der Waals surface area contributed by atoms with Crippen LogP contribution in [0.1, 0.15) is 83.2 Å². The first kappa shape index (κ1) is 39.1. The van der Waals surface area contributed by atoms with Gasteiger partial charge in [0.25, 0.3) is 0 Å². The van der Waals surface area contributed by atoms with E-state index in [0.29, 0.717) is 23.1 Å². The molecule has 0 aromatic heterocycles. The fourth-order valence-corrected chi connectivity index (χ4v) is 5.23. The van der Waals surface area contributed by atoms with Crippen molar-refractivity contribution < 1.29 is 33.8 Å². The second-order valence-corrected chi connectivity index (χ2v) is 14.1. The number of esters is 1. The van der Waals surface area contributed by atoms with Crippen LogP contribution >= 0.6 is 0 Å². The van der Waals surface area contributed by atoms with Crippen LogP contribution in [0.15, 0.2) is 78.9 Å². The van der Waals surface area contributed by atoms with Crippen molar-refractivity contribution in [2.45, 2.75) is 97.1 Å². The van der Waals surface area contributed by atoms with Crippen molar-refractivity contribution in [2.75, 3.05) is 6.54 Å². The van der Waals surface area contributed by atoms with Crippen molar-refractivity contribution in [1.82, 2.24) is 15.5 Å². The fraction of sp³-hybridized carbons (Fsp3) is 0.400. The maximum absolute atomic E-state index is 14.6. The number of carbonyl (C=O) groups is 4. The van der Waals surface area contributed by atoms with Gasteiger partial charge < -0.3 is 30.1 Å². The zero-order valence-electron chi connectivity index (χ0n) is 30.0. The lowest BCUT2D eigenvalue weighted by Gasteiger charge is -2.35. The molecule has 0 aliphatic carbocycles. The minimum Gasteiger partial charge on any atom is -0.508 e. The maximum Gasteiger partial charge on any atom is 0.408 e. The maximum atomic E-state index is 14.6. The Morgan fingerprint density at radius 1 is 0.780 bits per heavy atom. The van der Waals surface area contributed by atoms with Gasteiger partial charge in [0.05, 0.1) is 0 Å². The molecule has 10 heteroatoms. The van der Waals surface area contributed by atoms with Gasteiger partial charge in [0.2, 0.25) is 11.8 Å². The van der Waals surface area contributed by atoms with E-state index >= 15 is 0 Å². The highest BCUT2D eigenvalue weighted by Gasteiger charge is 2.38. The number of rotatable bonds is 13. The minimum atomic E-state index is -1.22. The second kappa shape index (κ2) is 17.4. The van der Waals surface area contributed by atoms with E-state index in [1.165, 1.54) is 17.0 Å². The number of phenols is 1. The first-order valence-electron chi connectivity index (χ1n) is 16.7. The number of carbonyl (C=O) groups excluding carboxylic acids is 4. The smallest absolute Gasteiger partial charge is 0.408 e. The Morgan fingerprint density at radius 2 is 1.34 bits per heavy atom. The molecule has 0 bridgehead atoms. The lowest BCUT2D eigenvalue weighted by atomic mass is 9.98. The molecule has 3 amide bonds. The van der Waals surface area contributed by atoms with Crippen molar-refractivity contribution in [2.24, 2.45) is 0 Å². The highest BCUT2D eigenvalue weighted by atomic mass is 16.6. The van der Waals surface area contributed by atoms with Crippen molar-refractivity contribution in [1.29, 1.82) is 0 Å². The molecule has 0 saturated heterocycles. The van der Waals surface area contributed by atoms with Gasteiger partial charge in [-0.3, -0.25) is 9.59 Å². The molecule has 0 fully saturated rings. The molecule has 3 unspecified atom stereocenters. The topological polar surface area (TPSA) is 134 Å².